The molecular weight excluding hydrogens is 327 g/mol. The van der Waals surface area contributed by atoms with Crippen molar-refractivity contribution in [3.63, 3.8) is 0 Å². The zero-order chi connectivity index (χ0) is 18.4. The van der Waals surface area contributed by atoms with Crippen LogP contribution in [0.1, 0.15) is 36.9 Å². The third-order valence-electron chi connectivity index (χ3n) is 5.14. The molecule has 1 fully saturated rings. The number of carbonyl (C=O) groups is 1. The van der Waals surface area contributed by atoms with E-state index < -0.39 is 0 Å². The van der Waals surface area contributed by atoms with Crippen LogP contribution in [0.2, 0.25) is 0 Å². The van der Waals surface area contributed by atoms with Gasteiger partial charge in [0, 0.05) is 12.5 Å². The number of hydrogen-bond acceptors (Lipinski definition) is 2. The molecule has 0 saturated carbocycles. The van der Waals surface area contributed by atoms with Crippen molar-refractivity contribution >= 4 is 5.91 Å². The van der Waals surface area contributed by atoms with Gasteiger partial charge in [-0.25, -0.2) is 4.39 Å². The lowest BCUT2D eigenvalue weighted by atomic mass is 10.00. The van der Waals surface area contributed by atoms with Gasteiger partial charge in [0.2, 0.25) is 5.91 Å². The fourth-order valence-electron chi connectivity index (χ4n) is 3.62. The van der Waals surface area contributed by atoms with E-state index in [9.17, 15) is 9.18 Å². The number of carbonyl (C=O) groups excluding carboxylic acids is 1. The minimum Gasteiger partial charge on any atom is -0.354 e. The molecule has 1 N–H and O–H groups in total. The third kappa shape index (κ3) is 4.92. The van der Waals surface area contributed by atoms with E-state index in [2.05, 4.69) is 34.5 Å². The first kappa shape index (κ1) is 18.6. The van der Waals surface area contributed by atoms with Crippen LogP contribution in [0.25, 0.3) is 0 Å². The third-order valence-corrected chi connectivity index (χ3v) is 5.14. The highest BCUT2D eigenvalue weighted by Crippen LogP contribution is 2.24. The maximum Gasteiger partial charge on any atom is 0.223 e. The van der Waals surface area contributed by atoms with Crippen LogP contribution in [0.15, 0.2) is 54.6 Å². The van der Waals surface area contributed by atoms with Crippen molar-refractivity contribution in [3.05, 3.63) is 71.5 Å². The van der Waals surface area contributed by atoms with E-state index in [1.165, 1.54) is 30.5 Å². The lowest BCUT2D eigenvalue weighted by molar-refractivity contribution is -0.124. The van der Waals surface area contributed by atoms with Gasteiger partial charge in [-0.2, -0.15) is 0 Å². The molecule has 3 nitrogen and oxygen atoms in total. The Balaban J connectivity index is 1.59. The highest BCUT2D eigenvalue weighted by Gasteiger charge is 2.24. The Labute approximate surface area is 155 Å². The van der Waals surface area contributed by atoms with Gasteiger partial charge in [-0.15, -0.1) is 0 Å². The molecule has 1 amide bonds. The summed E-state index contributed by atoms with van der Waals surface area (Å²) in [5.74, 6) is -0.341. The molecule has 1 heterocycles. The monoisotopic (exact) mass is 354 g/mol. The first-order valence-electron chi connectivity index (χ1n) is 9.44. The van der Waals surface area contributed by atoms with Crippen molar-refractivity contribution in [2.45, 2.75) is 32.2 Å². The summed E-state index contributed by atoms with van der Waals surface area (Å²) >= 11 is 0. The highest BCUT2D eigenvalue weighted by atomic mass is 19.1. The summed E-state index contributed by atoms with van der Waals surface area (Å²) in [4.78, 5) is 15.0. The molecule has 0 aromatic heterocycles. The number of nitrogens with one attached hydrogen (secondary N) is 1. The van der Waals surface area contributed by atoms with Gasteiger partial charge in [-0.1, -0.05) is 49.4 Å². The van der Waals surface area contributed by atoms with E-state index in [4.69, 9.17) is 0 Å². The standard InChI is InChI=1S/C22H27FN2O/c1-17(15-18-9-11-20(23)12-10-18)22(26)24-16-21(25-13-5-6-14-25)19-7-3-2-4-8-19/h2-4,7-12,17,21H,5-6,13-16H2,1H3,(H,24,26). The number of rotatable bonds is 7. The maximum atomic E-state index is 13.0. The Bertz CT molecular complexity index is 696. The van der Waals surface area contributed by atoms with Gasteiger partial charge < -0.3 is 5.32 Å². The number of amides is 1. The minimum atomic E-state index is -0.248. The van der Waals surface area contributed by atoms with Crippen LogP contribution in [0.5, 0.6) is 0 Å². The molecule has 2 unspecified atom stereocenters. The van der Waals surface area contributed by atoms with E-state index >= 15 is 0 Å². The van der Waals surface area contributed by atoms with Crippen molar-refractivity contribution in [1.82, 2.24) is 10.2 Å². The van der Waals surface area contributed by atoms with E-state index in [-0.39, 0.29) is 23.7 Å². The quantitative estimate of drug-likeness (QED) is 0.816. The Kier molecular flexibility index (Phi) is 6.40. The lowest BCUT2D eigenvalue weighted by Gasteiger charge is -2.28. The van der Waals surface area contributed by atoms with E-state index in [0.29, 0.717) is 13.0 Å². The molecule has 138 valence electrons. The van der Waals surface area contributed by atoms with Gasteiger partial charge in [0.1, 0.15) is 5.82 Å². The van der Waals surface area contributed by atoms with Gasteiger partial charge in [0.25, 0.3) is 0 Å². The largest absolute Gasteiger partial charge is 0.354 e. The predicted octanol–water partition coefficient (Wildman–Crippen LogP) is 3.96. The molecule has 0 radical (unpaired) electrons. The molecule has 3 rings (SSSR count). The topological polar surface area (TPSA) is 32.3 Å². The average molecular weight is 354 g/mol. The molecular formula is C22H27FN2O. The van der Waals surface area contributed by atoms with Gasteiger partial charge >= 0.3 is 0 Å². The van der Waals surface area contributed by atoms with Gasteiger partial charge in [0.15, 0.2) is 0 Å². The van der Waals surface area contributed by atoms with E-state index in [0.717, 1.165) is 18.7 Å². The first-order chi connectivity index (χ1) is 12.6. The maximum absolute atomic E-state index is 13.0. The zero-order valence-corrected chi connectivity index (χ0v) is 15.3. The molecule has 2 aromatic rings. The predicted molar refractivity (Wildman–Crippen MR) is 102 cm³/mol. The van der Waals surface area contributed by atoms with Gasteiger partial charge in [-0.3, -0.25) is 9.69 Å². The van der Waals surface area contributed by atoms with E-state index in [1.54, 1.807) is 12.1 Å². The first-order valence-corrected chi connectivity index (χ1v) is 9.44. The lowest BCUT2D eigenvalue weighted by Crippen LogP contribution is -2.39. The number of hydrogen-bond donors (Lipinski definition) is 1. The SMILES string of the molecule is CC(Cc1ccc(F)cc1)C(=O)NCC(c1ccccc1)N1CCCC1. The molecule has 4 heteroatoms. The molecule has 1 saturated heterocycles. The number of halogens is 1. The molecule has 1 aliphatic heterocycles. The van der Waals surface area contributed by atoms with Gasteiger partial charge in [0.05, 0.1) is 6.04 Å². The average Bonchev–Trinajstić information content (AvgIpc) is 3.19. The molecule has 2 atom stereocenters. The van der Waals surface area contributed by atoms with Crippen LogP contribution in [-0.2, 0) is 11.2 Å². The minimum absolute atomic E-state index is 0.0504. The van der Waals surface area contributed by atoms with Crippen molar-refractivity contribution in [2.75, 3.05) is 19.6 Å². The Morgan fingerprint density at radius 3 is 2.38 bits per heavy atom. The number of nitrogens with zero attached hydrogens (tertiary/aromatic N) is 1. The number of benzene rings is 2. The molecule has 0 spiro atoms. The van der Waals surface area contributed by atoms with E-state index in [1.807, 2.05) is 13.0 Å². The molecule has 0 aliphatic carbocycles. The fourth-order valence-corrected chi connectivity index (χ4v) is 3.62. The van der Waals surface area contributed by atoms with Crippen LogP contribution in [0, 0.1) is 11.7 Å². The molecule has 26 heavy (non-hydrogen) atoms. The summed E-state index contributed by atoms with van der Waals surface area (Å²) in [6.45, 7) is 4.71. The fraction of sp³-hybridized carbons (Fsp3) is 0.409. The Morgan fingerprint density at radius 2 is 1.73 bits per heavy atom. The second kappa shape index (κ2) is 8.95. The van der Waals surface area contributed by atoms with Gasteiger partial charge in [-0.05, 0) is 55.6 Å². The van der Waals surface area contributed by atoms with Crippen LogP contribution < -0.4 is 5.32 Å². The Morgan fingerprint density at radius 1 is 1.08 bits per heavy atom. The number of likely N-dealkylation sites (tertiary alicyclic amines) is 1. The summed E-state index contributed by atoms with van der Waals surface area (Å²) < 4.78 is 13.0. The smallest absolute Gasteiger partial charge is 0.223 e. The normalized spacial score (nSPS) is 17.0. The summed E-state index contributed by atoms with van der Waals surface area (Å²) in [5.41, 5.74) is 2.23. The van der Waals surface area contributed by atoms with Crippen LogP contribution in [-0.4, -0.2) is 30.4 Å². The van der Waals surface area contributed by atoms with Crippen LogP contribution in [0.4, 0.5) is 4.39 Å². The molecule has 0 bridgehead atoms. The van der Waals surface area contributed by atoms with Crippen molar-refractivity contribution in [1.29, 1.82) is 0 Å². The van der Waals surface area contributed by atoms with Crippen molar-refractivity contribution in [2.24, 2.45) is 5.92 Å². The van der Waals surface area contributed by atoms with Crippen molar-refractivity contribution < 1.29 is 9.18 Å². The zero-order valence-electron chi connectivity index (χ0n) is 15.3. The molecule has 1 aliphatic rings. The Hall–Kier alpha value is -2.20. The summed E-state index contributed by atoms with van der Waals surface area (Å²) in [7, 11) is 0. The summed E-state index contributed by atoms with van der Waals surface area (Å²) in [5, 5.41) is 3.13. The molecule has 2 aromatic carbocycles. The highest BCUT2D eigenvalue weighted by molar-refractivity contribution is 5.78. The summed E-state index contributed by atoms with van der Waals surface area (Å²) in [6, 6.07) is 17.0. The second-order valence-electron chi connectivity index (χ2n) is 7.15. The van der Waals surface area contributed by atoms with Crippen molar-refractivity contribution in [3.8, 4) is 0 Å². The second-order valence-corrected chi connectivity index (χ2v) is 7.15. The van der Waals surface area contributed by atoms with Crippen LogP contribution >= 0.6 is 0 Å². The van der Waals surface area contributed by atoms with Crippen LogP contribution in [0.3, 0.4) is 0 Å². The summed E-state index contributed by atoms with van der Waals surface area (Å²) in [6.07, 6.45) is 3.06.